The molecule has 170 valence electrons. The first kappa shape index (κ1) is 23.6. The van der Waals surface area contributed by atoms with Crippen molar-refractivity contribution in [3.8, 4) is 5.75 Å². The monoisotopic (exact) mass is 457 g/mol. The van der Waals surface area contributed by atoms with E-state index in [0.717, 1.165) is 41.2 Å². The molecule has 7 nitrogen and oxygen atoms in total. The topological polar surface area (TPSA) is 72.3 Å². The Bertz CT molecular complexity index is 1090. The summed E-state index contributed by atoms with van der Waals surface area (Å²) in [6.45, 7) is 4.87. The van der Waals surface area contributed by atoms with Crippen LogP contribution < -0.4 is 15.0 Å². The Kier molecular flexibility index (Phi) is 7.40. The third-order valence-corrected chi connectivity index (χ3v) is 5.58. The van der Waals surface area contributed by atoms with Crippen LogP contribution in [0.3, 0.4) is 0 Å². The predicted octanol–water partition coefficient (Wildman–Crippen LogP) is 3.48. The number of likely N-dealkylation sites (N-methyl/N-ethyl adjacent to an activating group) is 1. The van der Waals surface area contributed by atoms with E-state index < -0.39 is 0 Å². The Hall–Kier alpha value is -3.07. The maximum atomic E-state index is 12.9. The molecule has 1 N–H and O–H groups in total. The number of carbonyl (C=O) groups is 1. The first-order valence-electron chi connectivity index (χ1n) is 10.3. The summed E-state index contributed by atoms with van der Waals surface area (Å²) >= 11 is 0. The summed E-state index contributed by atoms with van der Waals surface area (Å²) in [5, 5.41) is 7.35. The Morgan fingerprint density at radius 1 is 1.22 bits per heavy atom. The highest BCUT2D eigenvalue weighted by molar-refractivity contribution is 7.59. The van der Waals surface area contributed by atoms with Gasteiger partial charge < -0.3 is 15.0 Å². The summed E-state index contributed by atoms with van der Waals surface area (Å²) in [7, 11) is 1.93. The van der Waals surface area contributed by atoms with E-state index in [-0.39, 0.29) is 31.3 Å². The smallest absolute Gasteiger partial charge is 0.246 e. The minimum absolute atomic E-state index is 0. The number of halogens is 1. The lowest BCUT2D eigenvalue weighted by Gasteiger charge is -2.34. The SMILES string of the molecule is Cc1nc(CCc2cnn(CCOc3ccc(F)cc3)c2)cc2c1NC(=O)[C@H](C)N2C.S. The van der Waals surface area contributed by atoms with Crippen LogP contribution in [0, 0.1) is 12.7 Å². The van der Waals surface area contributed by atoms with Crippen molar-refractivity contribution in [1.82, 2.24) is 14.8 Å². The van der Waals surface area contributed by atoms with Gasteiger partial charge in [-0.15, -0.1) is 0 Å². The summed E-state index contributed by atoms with van der Waals surface area (Å²) in [6.07, 6.45) is 5.46. The van der Waals surface area contributed by atoms with E-state index in [0.29, 0.717) is 18.9 Å². The molecule has 0 unspecified atom stereocenters. The van der Waals surface area contributed by atoms with Gasteiger partial charge in [0.2, 0.25) is 5.91 Å². The number of anilines is 2. The number of hydrogen-bond acceptors (Lipinski definition) is 5. The summed E-state index contributed by atoms with van der Waals surface area (Å²) in [6, 6.07) is 7.83. The molecule has 0 bridgehead atoms. The third kappa shape index (κ3) is 5.21. The Labute approximate surface area is 194 Å². The van der Waals surface area contributed by atoms with Crippen molar-refractivity contribution in [3.05, 3.63) is 65.5 Å². The molecule has 1 aliphatic rings. The molecule has 3 heterocycles. The molecule has 0 saturated heterocycles. The highest BCUT2D eigenvalue weighted by atomic mass is 32.1. The second-order valence-corrected chi connectivity index (χ2v) is 7.78. The molecule has 32 heavy (non-hydrogen) atoms. The maximum Gasteiger partial charge on any atom is 0.246 e. The Morgan fingerprint density at radius 3 is 2.72 bits per heavy atom. The zero-order valence-corrected chi connectivity index (χ0v) is 19.4. The van der Waals surface area contributed by atoms with Crippen LogP contribution >= 0.6 is 13.5 Å². The van der Waals surface area contributed by atoms with Gasteiger partial charge in [-0.05, 0) is 62.6 Å². The van der Waals surface area contributed by atoms with Gasteiger partial charge in [0.25, 0.3) is 0 Å². The highest BCUT2D eigenvalue weighted by Crippen LogP contribution is 2.33. The van der Waals surface area contributed by atoms with E-state index in [4.69, 9.17) is 4.74 Å². The van der Waals surface area contributed by atoms with Crippen LogP contribution in [0.4, 0.5) is 15.8 Å². The third-order valence-electron chi connectivity index (χ3n) is 5.58. The van der Waals surface area contributed by atoms with Gasteiger partial charge in [-0.3, -0.25) is 14.5 Å². The first-order valence-corrected chi connectivity index (χ1v) is 10.3. The quantitative estimate of drug-likeness (QED) is 0.588. The van der Waals surface area contributed by atoms with E-state index in [1.807, 2.05) is 42.9 Å². The molecule has 2 aromatic heterocycles. The first-order chi connectivity index (χ1) is 14.9. The summed E-state index contributed by atoms with van der Waals surface area (Å²) in [4.78, 5) is 18.7. The molecule has 0 saturated carbocycles. The van der Waals surface area contributed by atoms with Gasteiger partial charge in [-0.25, -0.2) is 4.39 Å². The fourth-order valence-electron chi connectivity index (χ4n) is 3.61. The minimum Gasteiger partial charge on any atom is -0.492 e. The number of aryl methyl sites for hydroxylation is 3. The zero-order chi connectivity index (χ0) is 22.0. The molecule has 1 atom stereocenters. The van der Waals surface area contributed by atoms with Crippen LogP contribution in [-0.4, -0.2) is 40.4 Å². The van der Waals surface area contributed by atoms with Crippen molar-refractivity contribution in [3.63, 3.8) is 0 Å². The lowest BCUT2D eigenvalue weighted by atomic mass is 10.1. The van der Waals surface area contributed by atoms with Crippen LogP contribution in [0.1, 0.15) is 23.9 Å². The van der Waals surface area contributed by atoms with Crippen molar-refractivity contribution >= 4 is 30.8 Å². The van der Waals surface area contributed by atoms with Crippen molar-refractivity contribution in [2.24, 2.45) is 0 Å². The van der Waals surface area contributed by atoms with Crippen molar-refractivity contribution < 1.29 is 13.9 Å². The lowest BCUT2D eigenvalue weighted by molar-refractivity contribution is -0.117. The number of rotatable bonds is 7. The molecule has 3 aromatic rings. The zero-order valence-electron chi connectivity index (χ0n) is 18.4. The molecule has 0 fully saturated rings. The molecule has 1 aromatic carbocycles. The fourth-order valence-corrected chi connectivity index (χ4v) is 3.61. The average molecular weight is 458 g/mol. The second kappa shape index (κ2) is 10.0. The van der Waals surface area contributed by atoms with Gasteiger partial charge in [0.05, 0.1) is 29.8 Å². The average Bonchev–Trinajstić information content (AvgIpc) is 3.21. The van der Waals surface area contributed by atoms with Gasteiger partial charge in [0.15, 0.2) is 0 Å². The van der Waals surface area contributed by atoms with E-state index in [2.05, 4.69) is 21.5 Å². The lowest BCUT2D eigenvalue weighted by Crippen LogP contribution is -2.44. The summed E-state index contributed by atoms with van der Waals surface area (Å²) in [5.74, 6) is 0.347. The van der Waals surface area contributed by atoms with Crippen molar-refractivity contribution in [2.45, 2.75) is 39.3 Å². The summed E-state index contributed by atoms with van der Waals surface area (Å²) < 4.78 is 20.4. The maximum absolute atomic E-state index is 12.9. The number of aromatic nitrogens is 3. The van der Waals surface area contributed by atoms with Crippen LogP contribution in [0.25, 0.3) is 0 Å². The van der Waals surface area contributed by atoms with Crippen LogP contribution in [-0.2, 0) is 24.2 Å². The molecule has 0 aliphatic carbocycles. The number of pyridine rings is 1. The molecule has 1 amide bonds. The number of fused-ring (bicyclic) bond motifs is 1. The molecule has 1 aliphatic heterocycles. The predicted molar refractivity (Wildman–Crippen MR) is 127 cm³/mol. The van der Waals surface area contributed by atoms with E-state index >= 15 is 0 Å². The molecule has 9 heteroatoms. The number of nitrogens with one attached hydrogen (secondary N) is 1. The van der Waals surface area contributed by atoms with E-state index in [9.17, 15) is 9.18 Å². The van der Waals surface area contributed by atoms with E-state index in [1.54, 1.807) is 12.1 Å². The summed E-state index contributed by atoms with van der Waals surface area (Å²) in [5.41, 5.74) is 4.73. The van der Waals surface area contributed by atoms with Crippen molar-refractivity contribution in [2.75, 3.05) is 23.9 Å². The Morgan fingerprint density at radius 2 is 1.97 bits per heavy atom. The number of hydrogen-bond donors (Lipinski definition) is 1. The molecular formula is C23H28FN5O2S. The molecule has 0 radical (unpaired) electrons. The standard InChI is InChI=1S/C23H26FN5O2.H2S/c1-15-22-21(28(3)16(2)23(30)27-22)12-19(26-15)7-4-17-13-25-29(14-17)10-11-31-20-8-5-18(24)6-9-20;/h5-6,8-9,12-14,16H,4,7,10-11H2,1-3H3,(H,27,30);1H2/t16-;/m0./s1. The van der Waals surface area contributed by atoms with Gasteiger partial charge in [-0.2, -0.15) is 18.6 Å². The number of ether oxygens (including phenoxy) is 1. The van der Waals surface area contributed by atoms with Crippen LogP contribution in [0.2, 0.25) is 0 Å². The normalized spacial score (nSPS) is 15.1. The van der Waals surface area contributed by atoms with Gasteiger partial charge >= 0.3 is 0 Å². The van der Waals surface area contributed by atoms with Gasteiger partial charge in [0, 0.05) is 18.9 Å². The number of carbonyl (C=O) groups excluding carboxylic acids is 1. The van der Waals surface area contributed by atoms with Crippen LogP contribution in [0.15, 0.2) is 42.7 Å². The second-order valence-electron chi connectivity index (χ2n) is 7.78. The molecule has 4 rings (SSSR count). The minimum atomic E-state index is -0.279. The number of nitrogens with zero attached hydrogens (tertiary/aromatic N) is 4. The van der Waals surface area contributed by atoms with E-state index in [1.165, 1.54) is 12.1 Å². The Balaban J connectivity index is 0.00000289. The largest absolute Gasteiger partial charge is 0.492 e. The molecular weight excluding hydrogens is 429 g/mol. The van der Waals surface area contributed by atoms with Gasteiger partial charge in [-0.1, -0.05) is 0 Å². The fraction of sp³-hybridized carbons (Fsp3) is 0.348. The number of amides is 1. The van der Waals surface area contributed by atoms with Crippen LogP contribution in [0.5, 0.6) is 5.75 Å². The van der Waals surface area contributed by atoms with Crippen molar-refractivity contribution in [1.29, 1.82) is 0 Å². The number of benzene rings is 1. The van der Waals surface area contributed by atoms with Gasteiger partial charge in [0.1, 0.15) is 24.2 Å². The molecule has 0 spiro atoms. The highest BCUT2D eigenvalue weighted by Gasteiger charge is 2.28.